The predicted octanol–water partition coefficient (Wildman–Crippen LogP) is 3.83. The summed E-state index contributed by atoms with van der Waals surface area (Å²) in [5.74, 6) is 0.873. The van der Waals surface area contributed by atoms with Gasteiger partial charge < -0.3 is 4.42 Å². The molecule has 7 heteroatoms. The van der Waals surface area contributed by atoms with E-state index in [0.29, 0.717) is 16.1 Å². The number of sulfonamides is 1. The number of anilines is 1. The zero-order chi connectivity index (χ0) is 16.3. The van der Waals surface area contributed by atoms with E-state index in [9.17, 15) is 8.42 Å². The van der Waals surface area contributed by atoms with Gasteiger partial charge in [0.2, 0.25) is 0 Å². The monoisotopic (exact) mass is 392 g/mol. The molecule has 3 aromatic rings. The lowest BCUT2D eigenvalue weighted by Crippen LogP contribution is -2.31. The number of benzene rings is 1. The SMILES string of the molecule is O=S(=O)(c1cccc(Br)c1)N(Cc1ccco1)c1ccccn1. The van der Waals surface area contributed by atoms with Gasteiger partial charge in [-0.3, -0.25) is 0 Å². The number of rotatable bonds is 5. The second-order valence-electron chi connectivity index (χ2n) is 4.74. The van der Waals surface area contributed by atoms with E-state index >= 15 is 0 Å². The van der Waals surface area contributed by atoms with Crippen LogP contribution in [0.2, 0.25) is 0 Å². The molecule has 0 bridgehead atoms. The van der Waals surface area contributed by atoms with Crippen molar-refractivity contribution in [1.29, 1.82) is 0 Å². The van der Waals surface area contributed by atoms with E-state index in [4.69, 9.17) is 4.42 Å². The van der Waals surface area contributed by atoms with Crippen LogP contribution in [-0.2, 0) is 16.6 Å². The van der Waals surface area contributed by atoms with Gasteiger partial charge in [0.25, 0.3) is 10.0 Å². The summed E-state index contributed by atoms with van der Waals surface area (Å²) in [5.41, 5.74) is 0. The minimum atomic E-state index is -3.77. The number of hydrogen-bond acceptors (Lipinski definition) is 4. The largest absolute Gasteiger partial charge is 0.467 e. The molecule has 0 N–H and O–H groups in total. The summed E-state index contributed by atoms with van der Waals surface area (Å²) in [7, 11) is -3.77. The Bertz CT molecular complexity index is 881. The number of aromatic nitrogens is 1. The predicted molar refractivity (Wildman–Crippen MR) is 90.5 cm³/mol. The number of halogens is 1. The molecular weight excluding hydrogens is 380 g/mol. The summed E-state index contributed by atoms with van der Waals surface area (Å²) < 4.78 is 33.3. The molecule has 23 heavy (non-hydrogen) atoms. The minimum Gasteiger partial charge on any atom is -0.467 e. The van der Waals surface area contributed by atoms with Crippen molar-refractivity contribution in [3.63, 3.8) is 0 Å². The van der Waals surface area contributed by atoms with Gasteiger partial charge in [0, 0.05) is 10.7 Å². The molecule has 0 aliphatic heterocycles. The van der Waals surface area contributed by atoms with Crippen LogP contribution in [0.3, 0.4) is 0 Å². The molecule has 0 saturated heterocycles. The number of nitrogens with zero attached hydrogens (tertiary/aromatic N) is 2. The van der Waals surface area contributed by atoms with Crippen LogP contribution in [0.15, 0.2) is 80.8 Å². The van der Waals surface area contributed by atoms with Crippen LogP contribution in [0.4, 0.5) is 5.82 Å². The molecule has 3 rings (SSSR count). The smallest absolute Gasteiger partial charge is 0.265 e. The highest BCUT2D eigenvalue weighted by atomic mass is 79.9. The Morgan fingerprint density at radius 3 is 2.61 bits per heavy atom. The summed E-state index contributed by atoms with van der Waals surface area (Å²) in [6.45, 7) is 0.0683. The lowest BCUT2D eigenvalue weighted by atomic mass is 10.4. The molecule has 0 amide bonds. The molecule has 0 aliphatic rings. The van der Waals surface area contributed by atoms with E-state index in [1.165, 1.54) is 10.6 Å². The maximum Gasteiger partial charge on any atom is 0.265 e. The van der Waals surface area contributed by atoms with Crippen molar-refractivity contribution in [3.05, 3.63) is 77.3 Å². The fourth-order valence-electron chi connectivity index (χ4n) is 2.09. The Morgan fingerprint density at radius 1 is 1.09 bits per heavy atom. The third-order valence-electron chi connectivity index (χ3n) is 3.17. The lowest BCUT2D eigenvalue weighted by Gasteiger charge is -2.22. The normalized spacial score (nSPS) is 11.3. The zero-order valence-electron chi connectivity index (χ0n) is 12.0. The van der Waals surface area contributed by atoms with Crippen molar-refractivity contribution < 1.29 is 12.8 Å². The van der Waals surface area contributed by atoms with Gasteiger partial charge in [-0.05, 0) is 42.5 Å². The van der Waals surface area contributed by atoms with Crippen LogP contribution >= 0.6 is 15.9 Å². The number of hydrogen-bond donors (Lipinski definition) is 0. The van der Waals surface area contributed by atoms with E-state index < -0.39 is 10.0 Å². The highest BCUT2D eigenvalue weighted by Crippen LogP contribution is 2.26. The van der Waals surface area contributed by atoms with Crippen molar-refractivity contribution in [3.8, 4) is 0 Å². The molecule has 1 aromatic carbocycles. The Balaban J connectivity index is 2.07. The molecule has 0 aliphatic carbocycles. The summed E-state index contributed by atoms with van der Waals surface area (Å²) in [6, 6.07) is 15.2. The van der Waals surface area contributed by atoms with Crippen molar-refractivity contribution >= 4 is 31.8 Å². The van der Waals surface area contributed by atoms with Gasteiger partial charge in [0.1, 0.15) is 11.6 Å². The summed E-state index contributed by atoms with van der Waals surface area (Å²) in [4.78, 5) is 4.35. The third-order valence-corrected chi connectivity index (χ3v) is 5.41. The lowest BCUT2D eigenvalue weighted by molar-refractivity contribution is 0.508. The van der Waals surface area contributed by atoms with Gasteiger partial charge >= 0.3 is 0 Å². The van der Waals surface area contributed by atoms with Gasteiger partial charge in [-0.15, -0.1) is 0 Å². The first kappa shape index (κ1) is 15.8. The van der Waals surface area contributed by atoms with E-state index in [-0.39, 0.29) is 11.4 Å². The zero-order valence-corrected chi connectivity index (χ0v) is 14.4. The second-order valence-corrected chi connectivity index (χ2v) is 7.51. The Kier molecular flexibility index (Phi) is 4.49. The highest BCUT2D eigenvalue weighted by molar-refractivity contribution is 9.10. The molecule has 0 unspecified atom stereocenters. The summed E-state index contributed by atoms with van der Waals surface area (Å²) in [5, 5.41) is 0. The first-order valence-corrected chi connectivity index (χ1v) is 9.02. The Labute approximate surface area is 142 Å². The molecular formula is C16H13BrN2O3S. The van der Waals surface area contributed by atoms with Gasteiger partial charge in [0.05, 0.1) is 17.7 Å². The molecule has 2 heterocycles. The number of furan rings is 1. The van der Waals surface area contributed by atoms with Crippen molar-refractivity contribution in [2.45, 2.75) is 11.4 Å². The summed E-state index contributed by atoms with van der Waals surface area (Å²) >= 11 is 3.30. The minimum absolute atomic E-state index is 0.0683. The summed E-state index contributed by atoms with van der Waals surface area (Å²) in [6.07, 6.45) is 3.07. The van der Waals surface area contributed by atoms with Crippen LogP contribution in [0.1, 0.15) is 5.76 Å². The van der Waals surface area contributed by atoms with E-state index in [1.807, 2.05) is 0 Å². The molecule has 0 spiro atoms. The van der Waals surface area contributed by atoms with Gasteiger partial charge in [-0.1, -0.05) is 28.1 Å². The second kappa shape index (κ2) is 6.55. The average Bonchev–Trinajstić information content (AvgIpc) is 3.06. The topological polar surface area (TPSA) is 63.4 Å². The van der Waals surface area contributed by atoms with Gasteiger partial charge in [-0.25, -0.2) is 17.7 Å². The molecule has 0 fully saturated rings. The quantitative estimate of drug-likeness (QED) is 0.661. The van der Waals surface area contributed by atoms with Crippen LogP contribution in [-0.4, -0.2) is 13.4 Å². The standard InChI is InChI=1S/C16H13BrN2O3S/c17-13-5-3-7-15(11-13)23(20,21)19(12-14-6-4-10-22-14)16-8-1-2-9-18-16/h1-11H,12H2. The van der Waals surface area contributed by atoms with Crippen molar-refractivity contribution in [2.75, 3.05) is 4.31 Å². The average molecular weight is 393 g/mol. The molecule has 0 radical (unpaired) electrons. The van der Waals surface area contributed by atoms with Crippen LogP contribution in [0, 0.1) is 0 Å². The maximum atomic E-state index is 13.0. The van der Waals surface area contributed by atoms with E-state index in [2.05, 4.69) is 20.9 Å². The third kappa shape index (κ3) is 3.46. The molecule has 118 valence electrons. The first-order valence-electron chi connectivity index (χ1n) is 6.79. The fourth-order valence-corrected chi connectivity index (χ4v) is 4.07. The highest BCUT2D eigenvalue weighted by Gasteiger charge is 2.27. The van der Waals surface area contributed by atoms with E-state index in [0.717, 1.165) is 0 Å². The fraction of sp³-hybridized carbons (Fsp3) is 0.0625. The Morgan fingerprint density at radius 2 is 1.96 bits per heavy atom. The first-order chi connectivity index (χ1) is 11.1. The van der Waals surface area contributed by atoms with Crippen LogP contribution in [0.5, 0.6) is 0 Å². The van der Waals surface area contributed by atoms with Crippen molar-refractivity contribution in [2.24, 2.45) is 0 Å². The molecule has 2 aromatic heterocycles. The van der Waals surface area contributed by atoms with Crippen molar-refractivity contribution in [1.82, 2.24) is 4.98 Å². The maximum absolute atomic E-state index is 13.0. The van der Waals surface area contributed by atoms with Crippen LogP contribution < -0.4 is 4.31 Å². The molecule has 0 atom stereocenters. The number of pyridine rings is 1. The Hall–Kier alpha value is -2.12. The van der Waals surface area contributed by atoms with Gasteiger partial charge in [0.15, 0.2) is 0 Å². The van der Waals surface area contributed by atoms with E-state index in [1.54, 1.807) is 60.8 Å². The molecule has 0 saturated carbocycles. The molecule has 5 nitrogen and oxygen atoms in total. The van der Waals surface area contributed by atoms with Gasteiger partial charge in [-0.2, -0.15) is 0 Å². The van der Waals surface area contributed by atoms with Crippen LogP contribution in [0.25, 0.3) is 0 Å².